The summed E-state index contributed by atoms with van der Waals surface area (Å²) >= 11 is 1.48. The fourth-order valence-corrected chi connectivity index (χ4v) is 4.79. The van der Waals surface area contributed by atoms with E-state index >= 15 is 0 Å². The number of nitrogens with zero attached hydrogens (tertiary/aromatic N) is 3. The number of nitrogens with one attached hydrogen (secondary N) is 1. The molecule has 2 heterocycles. The van der Waals surface area contributed by atoms with E-state index < -0.39 is 0 Å². The average Bonchev–Trinajstić information content (AvgIpc) is 3.36. The molecule has 0 fully saturated rings. The number of carbonyl (C=O) groups is 2. The van der Waals surface area contributed by atoms with Crippen LogP contribution >= 0.6 is 11.3 Å². The summed E-state index contributed by atoms with van der Waals surface area (Å²) in [4.78, 5) is 28.2. The van der Waals surface area contributed by atoms with E-state index in [4.69, 9.17) is 0 Å². The number of benzene rings is 2. The predicted octanol–water partition coefficient (Wildman–Crippen LogP) is 4.39. The third-order valence-electron chi connectivity index (χ3n) is 5.48. The van der Waals surface area contributed by atoms with E-state index in [-0.39, 0.29) is 11.8 Å². The van der Waals surface area contributed by atoms with Gasteiger partial charge in [0.2, 0.25) is 0 Å². The zero-order chi connectivity index (χ0) is 22.8. The first-order valence-electron chi connectivity index (χ1n) is 10.4. The van der Waals surface area contributed by atoms with E-state index in [9.17, 15) is 9.59 Å². The molecule has 0 spiro atoms. The fraction of sp³-hybridized carbons (Fsp3) is 0.240. The Morgan fingerprint density at radius 2 is 1.69 bits per heavy atom. The molecule has 2 aromatic carbocycles. The Morgan fingerprint density at radius 3 is 2.34 bits per heavy atom. The lowest BCUT2D eigenvalue weighted by atomic mass is 10.1. The molecule has 0 saturated carbocycles. The first-order valence-corrected chi connectivity index (χ1v) is 11.3. The van der Waals surface area contributed by atoms with Crippen LogP contribution < -0.4 is 5.32 Å². The van der Waals surface area contributed by atoms with E-state index in [1.54, 1.807) is 31.1 Å². The Hall–Kier alpha value is -3.45. The van der Waals surface area contributed by atoms with Gasteiger partial charge in [-0.3, -0.25) is 14.3 Å². The van der Waals surface area contributed by atoms with Gasteiger partial charge in [-0.1, -0.05) is 42.0 Å². The number of hydrogen-bond acceptors (Lipinski definition) is 4. The van der Waals surface area contributed by atoms with Crippen LogP contribution in [0.4, 0.5) is 0 Å². The molecule has 0 saturated heterocycles. The molecule has 0 bridgehead atoms. The smallest absolute Gasteiger partial charge is 0.264 e. The Labute approximate surface area is 191 Å². The van der Waals surface area contributed by atoms with E-state index in [2.05, 4.69) is 41.6 Å². The van der Waals surface area contributed by atoms with E-state index in [0.29, 0.717) is 23.5 Å². The highest BCUT2D eigenvalue weighted by Crippen LogP contribution is 2.30. The van der Waals surface area contributed by atoms with Crippen LogP contribution in [-0.2, 0) is 13.1 Å². The summed E-state index contributed by atoms with van der Waals surface area (Å²) in [6, 6.07) is 17.7. The zero-order valence-electron chi connectivity index (χ0n) is 18.7. The van der Waals surface area contributed by atoms with Gasteiger partial charge >= 0.3 is 0 Å². The number of carbonyl (C=O) groups excluding carboxylic acids is 2. The van der Waals surface area contributed by atoms with Gasteiger partial charge in [0.1, 0.15) is 4.83 Å². The second-order valence-electron chi connectivity index (χ2n) is 8.00. The van der Waals surface area contributed by atoms with Crippen molar-refractivity contribution in [2.24, 2.45) is 0 Å². The number of aromatic nitrogens is 2. The van der Waals surface area contributed by atoms with Crippen molar-refractivity contribution in [1.29, 1.82) is 0 Å². The number of aryl methyl sites for hydroxylation is 2. The molecule has 2 aromatic heterocycles. The minimum Gasteiger partial charge on any atom is -0.355 e. The highest BCUT2D eigenvalue weighted by molar-refractivity contribution is 7.20. The van der Waals surface area contributed by atoms with Crippen LogP contribution in [0.2, 0.25) is 0 Å². The van der Waals surface area contributed by atoms with Gasteiger partial charge in [-0.05, 0) is 43.2 Å². The van der Waals surface area contributed by atoms with Crippen LogP contribution in [0.15, 0.2) is 54.6 Å². The summed E-state index contributed by atoms with van der Waals surface area (Å²) in [5.41, 5.74) is 4.90. The van der Waals surface area contributed by atoms with Gasteiger partial charge in [0.25, 0.3) is 11.8 Å². The van der Waals surface area contributed by atoms with Crippen molar-refractivity contribution in [2.75, 3.05) is 14.1 Å². The molecule has 6 nitrogen and oxygen atoms in total. The van der Waals surface area contributed by atoms with Crippen molar-refractivity contribution < 1.29 is 9.59 Å². The van der Waals surface area contributed by atoms with Gasteiger partial charge in [0.15, 0.2) is 0 Å². The van der Waals surface area contributed by atoms with Crippen LogP contribution in [-0.4, -0.2) is 40.6 Å². The van der Waals surface area contributed by atoms with Gasteiger partial charge in [-0.15, -0.1) is 11.3 Å². The molecule has 0 aliphatic rings. The number of amides is 2. The van der Waals surface area contributed by atoms with Crippen LogP contribution in [0.5, 0.6) is 0 Å². The summed E-state index contributed by atoms with van der Waals surface area (Å²) in [6.45, 7) is 5.19. The molecule has 0 aliphatic carbocycles. The van der Waals surface area contributed by atoms with E-state index in [1.165, 1.54) is 22.5 Å². The van der Waals surface area contributed by atoms with Crippen molar-refractivity contribution >= 4 is 33.4 Å². The lowest BCUT2D eigenvalue weighted by Gasteiger charge is -2.16. The molecule has 2 amide bonds. The maximum atomic E-state index is 13.1. The lowest BCUT2D eigenvalue weighted by Crippen LogP contribution is -2.25. The Kier molecular flexibility index (Phi) is 6.10. The molecule has 32 heavy (non-hydrogen) atoms. The number of fused-ring (bicyclic) bond motifs is 1. The summed E-state index contributed by atoms with van der Waals surface area (Å²) < 4.78 is 1.98. The van der Waals surface area contributed by atoms with Crippen LogP contribution in [0, 0.1) is 13.8 Å². The molecule has 7 heteroatoms. The standard InChI is InChI=1S/C25H26N4O2S/c1-16-5-7-19(8-6-16)15-29-25-21(17(2)27-29)13-22(32-25)24(31)28(4)14-18-9-11-20(12-10-18)23(30)26-3/h5-13H,14-15H2,1-4H3,(H,26,30). The van der Waals surface area contributed by atoms with Crippen molar-refractivity contribution in [2.45, 2.75) is 26.9 Å². The minimum atomic E-state index is -0.124. The maximum absolute atomic E-state index is 13.1. The Bertz CT molecular complexity index is 1270. The van der Waals surface area contributed by atoms with Crippen molar-refractivity contribution in [3.8, 4) is 0 Å². The Morgan fingerprint density at radius 1 is 1.03 bits per heavy atom. The first kappa shape index (κ1) is 21.8. The third-order valence-corrected chi connectivity index (χ3v) is 6.62. The molecule has 0 unspecified atom stereocenters. The maximum Gasteiger partial charge on any atom is 0.264 e. The summed E-state index contributed by atoms with van der Waals surface area (Å²) in [6.07, 6.45) is 0. The van der Waals surface area contributed by atoms with Gasteiger partial charge in [0, 0.05) is 31.6 Å². The number of hydrogen-bond donors (Lipinski definition) is 1. The summed E-state index contributed by atoms with van der Waals surface area (Å²) in [5, 5.41) is 8.31. The topological polar surface area (TPSA) is 67.2 Å². The second-order valence-corrected chi connectivity index (χ2v) is 9.03. The van der Waals surface area contributed by atoms with Gasteiger partial charge < -0.3 is 10.2 Å². The molecule has 1 N–H and O–H groups in total. The third kappa shape index (κ3) is 4.43. The normalized spacial score (nSPS) is 11.0. The minimum absolute atomic E-state index is 0.0251. The molecule has 164 valence electrons. The molecular formula is C25H26N4O2S. The van der Waals surface area contributed by atoms with Crippen LogP contribution in [0.1, 0.15) is 42.4 Å². The monoisotopic (exact) mass is 446 g/mol. The summed E-state index contributed by atoms with van der Waals surface area (Å²) in [5.74, 6) is -0.149. The Balaban J connectivity index is 1.52. The zero-order valence-corrected chi connectivity index (χ0v) is 19.5. The average molecular weight is 447 g/mol. The molecule has 0 atom stereocenters. The largest absolute Gasteiger partial charge is 0.355 e. The van der Waals surface area contributed by atoms with Crippen LogP contribution in [0.3, 0.4) is 0 Å². The lowest BCUT2D eigenvalue weighted by molar-refractivity contribution is 0.0789. The van der Waals surface area contributed by atoms with E-state index in [0.717, 1.165) is 21.5 Å². The van der Waals surface area contributed by atoms with Crippen LogP contribution in [0.25, 0.3) is 10.2 Å². The molecule has 0 radical (unpaired) electrons. The van der Waals surface area contributed by atoms with Gasteiger partial charge in [-0.2, -0.15) is 5.10 Å². The fourth-order valence-electron chi connectivity index (χ4n) is 3.63. The van der Waals surface area contributed by atoms with Gasteiger partial charge in [0.05, 0.1) is 17.1 Å². The highest BCUT2D eigenvalue weighted by atomic mass is 32.1. The quantitative estimate of drug-likeness (QED) is 0.478. The second kappa shape index (κ2) is 8.96. The SMILES string of the molecule is CNC(=O)c1ccc(CN(C)C(=O)c2cc3c(C)nn(Cc4ccc(C)cc4)c3s2)cc1. The molecule has 4 aromatic rings. The number of thiophene rings is 1. The van der Waals surface area contributed by atoms with Gasteiger partial charge in [-0.25, -0.2) is 0 Å². The summed E-state index contributed by atoms with van der Waals surface area (Å²) in [7, 11) is 3.40. The molecule has 0 aliphatic heterocycles. The molecule has 4 rings (SSSR count). The van der Waals surface area contributed by atoms with Crippen molar-refractivity contribution in [1.82, 2.24) is 20.0 Å². The van der Waals surface area contributed by atoms with Crippen molar-refractivity contribution in [3.05, 3.63) is 87.4 Å². The van der Waals surface area contributed by atoms with E-state index in [1.807, 2.05) is 29.8 Å². The molecular weight excluding hydrogens is 420 g/mol. The highest BCUT2D eigenvalue weighted by Gasteiger charge is 2.19. The number of rotatable bonds is 6. The predicted molar refractivity (Wildman–Crippen MR) is 128 cm³/mol. The van der Waals surface area contributed by atoms with Crippen molar-refractivity contribution in [3.63, 3.8) is 0 Å². The first-order chi connectivity index (χ1) is 15.4.